The fraction of sp³-hybridized carbons (Fsp3) is 0.154. The van der Waals surface area contributed by atoms with Gasteiger partial charge in [-0.3, -0.25) is 0 Å². The van der Waals surface area contributed by atoms with Gasteiger partial charge in [-0.25, -0.2) is 14.6 Å². The van der Waals surface area contributed by atoms with Crippen LogP contribution in [0.25, 0.3) is 16.7 Å². The summed E-state index contributed by atoms with van der Waals surface area (Å²) >= 11 is 1.58. The molecule has 18 heavy (non-hydrogen) atoms. The molecule has 0 saturated heterocycles. The lowest BCUT2D eigenvalue weighted by atomic mass is 10.2. The Bertz CT molecular complexity index is 688. The average Bonchev–Trinajstić information content (AvgIpc) is 2.83. The van der Waals surface area contributed by atoms with Gasteiger partial charge >= 0.3 is 0 Å². The lowest BCUT2D eigenvalue weighted by Gasteiger charge is -2.00. The molecule has 0 aliphatic carbocycles. The van der Waals surface area contributed by atoms with Crippen molar-refractivity contribution in [3.05, 3.63) is 42.4 Å². The summed E-state index contributed by atoms with van der Waals surface area (Å²) in [5.41, 5.74) is 3.99. The maximum Gasteiger partial charge on any atom is 0.143 e. The molecular formula is C13H12N4S. The predicted octanol–water partition coefficient (Wildman–Crippen LogP) is 2.85. The highest BCUT2D eigenvalue weighted by Gasteiger charge is 2.08. The summed E-state index contributed by atoms with van der Waals surface area (Å²) in [5, 5.41) is 5.46. The second-order valence-corrected chi connectivity index (χ2v) is 4.82. The normalized spacial score (nSPS) is 11.0. The minimum atomic E-state index is 0.852. The zero-order valence-corrected chi connectivity index (χ0v) is 11.0. The summed E-state index contributed by atoms with van der Waals surface area (Å²) in [6.45, 7) is 2.07. The van der Waals surface area contributed by atoms with Gasteiger partial charge in [0, 0.05) is 0 Å². The Morgan fingerprint density at radius 2 is 1.89 bits per heavy atom. The molecule has 0 spiro atoms. The van der Waals surface area contributed by atoms with Gasteiger partial charge in [0.15, 0.2) is 0 Å². The van der Waals surface area contributed by atoms with E-state index in [4.69, 9.17) is 0 Å². The molecule has 2 heterocycles. The number of nitrogens with zero attached hydrogens (tertiary/aromatic N) is 4. The predicted molar refractivity (Wildman–Crippen MR) is 73.2 cm³/mol. The molecular weight excluding hydrogens is 244 g/mol. The van der Waals surface area contributed by atoms with E-state index in [0.29, 0.717) is 0 Å². The molecule has 0 atom stereocenters. The molecule has 2 aromatic heterocycles. The van der Waals surface area contributed by atoms with E-state index in [9.17, 15) is 0 Å². The Balaban J connectivity index is 2.16. The summed E-state index contributed by atoms with van der Waals surface area (Å²) in [5.74, 6) is 0. The molecule has 0 fully saturated rings. The van der Waals surface area contributed by atoms with Gasteiger partial charge in [-0.1, -0.05) is 17.7 Å². The SMILES string of the molecule is CSc1ncnc2cn(-c3ccc(C)cc3)nc12. The molecule has 0 N–H and O–H groups in total. The van der Waals surface area contributed by atoms with Crippen molar-refractivity contribution in [2.75, 3.05) is 6.26 Å². The van der Waals surface area contributed by atoms with E-state index < -0.39 is 0 Å². The van der Waals surface area contributed by atoms with Crippen molar-refractivity contribution in [2.24, 2.45) is 0 Å². The Morgan fingerprint density at radius 3 is 2.61 bits per heavy atom. The van der Waals surface area contributed by atoms with Crippen molar-refractivity contribution in [3.8, 4) is 5.69 Å². The Kier molecular flexibility index (Phi) is 2.76. The van der Waals surface area contributed by atoms with Gasteiger partial charge in [0.1, 0.15) is 22.4 Å². The van der Waals surface area contributed by atoms with Crippen LogP contribution in [0, 0.1) is 6.92 Å². The molecule has 0 unspecified atom stereocenters. The minimum Gasteiger partial charge on any atom is -0.238 e. The first-order valence-corrected chi connectivity index (χ1v) is 6.82. The molecule has 0 radical (unpaired) electrons. The Labute approximate surface area is 109 Å². The third-order valence-electron chi connectivity index (χ3n) is 2.76. The van der Waals surface area contributed by atoms with E-state index >= 15 is 0 Å². The number of rotatable bonds is 2. The van der Waals surface area contributed by atoms with Crippen LogP contribution in [0.1, 0.15) is 5.56 Å². The van der Waals surface area contributed by atoms with Gasteiger partial charge < -0.3 is 0 Å². The van der Waals surface area contributed by atoms with Gasteiger partial charge in [0.2, 0.25) is 0 Å². The fourth-order valence-corrected chi connectivity index (χ4v) is 2.29. The highest BCUT2D eigenvalue weighted by Crippen LogP contribution is 2.22. The third-order valence-corrected chi connectivity index (χ3v) is 3.45. The zero-order chi connectivity index (χ0) is 12.5. The largest absolute Gasteiger partial charge is 0.238 e. The summed E-state index contributed by atoms with van der Waals surface area (Å²) in [6, 6.07) is 8.24. The molecule has 3 aromatic rings. The van der Waals surface area contributed by atoms with Gasteiger partial charge in [-0.05, 0) is 25.3 Å². The second kappa shape index (κ2) is 4.42. The average molecular weight is 256 g/mol. The summed E-state index contributed by atoms with van der Waals surface area (Å²) in [6.07, 6.45) is 5.50. The maximum atomic E-state index is 4.55. The van der Waals surface area contributed by atoms with Crippen LogP contribution >= 0.6 is 11.8 Å². The van der Waals surface area contributed by atoms with Crippen molar-refractivity contribution in [3.63, 3.8) is 0 Å². The highest BCUT2D eigenvalue weighted by atomic mass is 32.2. The summed E-state index contributed by atoms with van der Waals surface area (Å²) in [7, 11) is 0. The highest BCUT2D eigenvalue weighted by molar-refractivity contribution is 7.98. The lowest BCUT2D eigenvalue weighted by Crippen LogP contribution is -1.94. The molecule has 0 aliphatic heterocycles. The van der Waals surface area contributed by atoms with E-state index in [2.05, 4.69) is 34.1 Å². The molecule has 3 rings (SSSR count). The molecule has 90 valence electrons. The number of aryl methyl sites for hydroxylation is 1. The molecule has 4 nitrogen and oxygen atoms in total. The van der Waals surface area contributed by atoms with Crippen LogP contribution < -0.4 is 0 Å². The smallest absolute Gasteiger partial charge is 0.143 e. The topological polar surface area (TPSA) is 43.6 Å². The second-order valence-electron chi connectivity index (χ2n) is 4.03. The molecule has 0 bridgehead atoms. The number of hydrogen-bond acceptors (Lipinski definition) is 4. The van der Waals surface area contributed by atoms with Crippen molar-refractivity contribution in [1.29, 1.82) is 0 Å². The Morgan fingerprint density at radius 1 is 1.11 bits per heavy atom. The van der Waals surface area contributed by atoms with Crippen LogP contribution in [0.15, 0.2) is 41.8 Å². The number of benzene rings is 1. The van der Waals surface area contributed by atoms with E-state index in [-0.39, 0.29) is 0 Å². The van der Waals surface area contributed by atoms with Gasteiger partial charge in [0.05, 0.1) is 11.9 Å². The van der Waals surface area contributed by atoms with Crippen molar-refractivity contribution in [1.82, 2.24) is 19.7 Å². The van der Waals surface area contributed by atoms with E-state index in [1.54, 1.807) is 18.1 Å². The summed E-state index contributed by atoms with van der Waals surface area (Å²) < 4.78 is 1.85. The van der Waals surface area contributed by atoms with Gasteiger partial charge in [0.25, 0.3) is 0 Å². The first-order valence-electron chi connectivity index (χ1n) is 5.59. The van der Waals surface area contributed by atoms with Crippen molar-refractivity contribution < 1.29 is 0 Å². The van der Waals surface area contributed by atoms with Crippen LogP contribution in [-0.4, -0.2) is 26.0 Å². The van der Waals surface area contributed by atoms with Crippen LogP contribution in [-0.2, 0) is 0 Å². The van der Waals surface area contributed by atoms with E-state index in [1.165, 1.54) is 5.56 Å². The third kappa shape index (κ3) is 1.86. The van der Waals surface area contributed by atoms with Crippen molar-refractivity contribution >= 4 is 22.8 Å². The van der Waals surface area contributed by atoms with E-state index in [1.807, 2.05) is 29.3 Å². The standard InChI is InChI=1S/C13H12N4S/c1-9-3-5-10(6-4-9)17-7-11-12(16-17)13(18-2)15-8-14-11/h3-8H,1-2H3. The van der Waals surface area contributed by atoms with Crippen LogP contribution in [0.2, 0.25) is 0 Å². The zero-order valence-electron chi connectivity index (χ0n) is 10.2. The van der Waals surface area contributed by atoms with Gasteiger partial charge in [-0.2, -0.15) is 5.10 Å². The number of aromatic nitrogens is 4. The van der Waals surface area contributed by atoms with Gasteiger partial charge in [-0.15, -0.1) is 11.8 Å². The number of thioether (sulfide) groups is 1. The molecule has 0 aliphatic rings. The first kappa shape index (κ1) is 11.2. The van der Waals surface area contributed by atoms with E-state index in [0.717, 1.165) is 21.7 Å². The molecule has 0 saturated carbocycles. The van der Waals surface area contributed by atoms with Crippen LogP contribution in [0.5, 0.6) is 0 Å². The molecule has 0 amide bonds. The number of fused-ring (bicyclic) bond motifs is 1. The first-order chi connectivity index (χ1) is 8.78. The van der Waals surface area contributed by atoms with Crippen LogP contribution in [0.3, 0.4) is 0 Å². The quantitative estimate of drug-likeness (QED) is 0.522. The van der Waals surface area contributed by atoms with Crippen molar-refractivity contribution in [2.45, 2.75) is 11.9 Å². The minimum absolute atomic E-state index is 0.852. The van der Waals surface area contributed by atoms with Crippen LogP contribution in [0.4, 0.5) is 0 Å². The fourth-order valence-electron chi connectivity index (χ4n) is 1.80. The summed E-state index contributed by atoms with van der Waals surface area (Å²) in [4.78, 5) is 8.47. The Hall–Kier alpha value is -1.88. The maximum absolute atomic E-state index is 4.55. The molecule has 5 heteroatoms. The monoisotopic (exact) mass is 256 g/mol. The number of hydrogen-bond donors (Lipinski definition) is 0. The molecule has 1 aromatic carbocycles. The lowest BCUT2D eigenvalue weighted by molar-refractivity contribution is 0.888.